The summed E-state index contributed by atoms with van der Waals surface area (Å²) in [6.45, 7) is 2.15. The quantitative estimate of drug-likeness (QED) is 0.573. The minimum absolute atomic E-state index is 0. The van der Waals surface area contributed by atoms with Crippen LogP contribution < -0.4 is 16.6 Å². The van der Waals surface area contributed by atoms with Gasteiger partial charge in [-0.05, 0) is 6.42 Å². The minimum Gasteiger partial charge on any atom is -1.00 e. The van der Waals surface area contributed by atoms with E-state index in [2.05, 4.69) is 13.0 Å². The molecule has 0 radical (unpaired) electrons. The predicted molar refractivity (Wildman–Crippen MR) is 62.8 cm³/mol. The molecule has 0 amide bonds. The van der Waals surface area contributed by atoms with Gasteiger partial charge in [-0.25, -0.2) is 4.23 Å². The molecule has 0 aromatic carbocycles. The second-order valence-electron chi connectivity index (χ2n) is 3.45. The summed E-state index contributed by atoms with van der Waals surface area (Å²) in [4.78, 5) is 0. The van der Waals surface area contributed by atoms with Crippen molar-refractivity contribution in [3.63, 3.8) is 0 Å². The molecule has 1 rings (SSSR count). The van der Waals surface area contributed by atoms with Crippen molar-refractivity contribution in [3.8, 4) is 0 Å². The van der Waals surface area contributed by atoms with Gasteiger partial charge in [0.25, 0.3) is 0 Å². The first-order chi connectivity index (χ1) is 7.74. The fourth-order valence-corrected chi connectivity index (χ4v) is 3.65. The zero-order valence-corrected chi connectivity index (χ0v) is 12.5. The van der Waals surface area contributed by atoms with Crippen LogP contribution in [0, 0.1) is 0 Å². The third-order valence-corrected chi connectivity index (χ3v) is 5.09. The van der Waals surface area contributed by atoms with Gasteiger partial charge in [-0.15, -0.1) is 0 Å². The van der Waals surface area contributed by atoms with Crippen LogP contribution in [0.5, 0.6) is 0 Å². The molecule has 4 nitrogen and oxygen atoms in total. The largest absolute Gasteiger partial charge is 1.00 e. The molecule has 98 valence electrons. The number of aromatic nitrogens is 1. The molecule has 0 aliphatic heterocycles. The van der Waals surface area contributed by atoms with Crippen molar-refractivity contribution in [2.45, 2.75) is 19.8 Å². The summed E-state index contributed by atoms with van der Waals surface area (Å²) < 4.78 is 18.4. The van der Waals surface area contributed by atoms with Gasteiger partial charge in [0.2, 0.25) is 0 Å². The first-order valence-corrected chi connectivity index (χ1v) is 7.06. The summed E-state index contributed by atoms with van der Waals surface area (Å²) in [7, 11) is 2.10. The minimum atomic E-state index is -2.76. The maximum absolute atomic E-state index is 5.47. The number of halogens is 1. The van der Waals surface area contributed by atoms with Crippen LogP contribution in [-0.4, -0.2) is 30.3 Å². The molecule has 1 aromatic rings. The molecule has 0 saturated heterocycles. The van der Waals surface area contributed by atoms with Gasteiger partial charge in [-0.1, -0.05) is 13.0 Å². The van der Waals surface area contributed by atoms with Gasteiger partial charge < -0.3 is 25.7 Å². The van der Waals surface area contributed by atoms with Crippen molar-refractivity contribution in [1.82, 2.24) is 0 Å². The van der Waals surface area contributed by atoms with E-state index < -0.39 is 8.97 Å². The SMILES string of the molecule is CCCc1cccc[n+]1[Si](OC)(OC)OC.[Cl-]. The number of nitrogens with zero attached hydrogens (tertiary/aromatic N) is 1. The van der Waals surface area contributed by atoms with E-state index >= 15 is 0 Å². The molecule has 0 atom stereocenters. The Morgan fingerprint density at radius 3 is 2.18 bits per heavy atom. The smallest absolute Gasteiger partial charge is 0.871 e. The van der Waals surface area contributed by atoms with Gasteiger partial charge in [0.15, 0.2) is 11.9 Å². The third-order valence-electron chi connectivity index (χ3n) is 2.52. The molecule has 0 saturated carbocycles. The highest BCUT2D eigenvalue weighted by Gasteiger charge is 2.57. The Balaban J connectivity index is 0.00000256. The summed E-state index contributed by atoms with van der Waals surface area (Å²) in [5, 5.41) is 0. The Hall–Kier alpha value is -0.463. The Morgan fingerprint density at radius 2 is 1.71 bits per heavy atom. The van der Waals surface area contributed by atoms with E-state index in [1.807, 2.05) is 22.6 Å². The van der Waals surface area contributed by atoms with E-state index in [1.165, 1.54) is 5.69 Å². The summed E-state index contributed by atoms with van der Waals surface area (Å²) in [6, 6.07) is 6.04. The summed E-state index contributed by atoms with van der Waals surface area (Å²) in [6.07, 6.45) is 4.00. The fourth-order valence-electron chi connectivity index (χ4n) is 1.75. The van der Waals surface area contributed by atoms with Crippen LogP contribution in [0.4, 0.5) is 0 Å². The molecule has 17 heavy (non-hydrogen) atoms. The third kappa shape index (κ3) is 3.50. The molecular formula is C11H20ClNO3Si. The summed E-state index contributed by atoms with van der Waals surface area (Å²) in [5.41, 5.74) is 1.17. The molecule has 0 aliphatic rings. The Kier molecular flexibility index (Phi) is 7.57. The highest BCUT2D eigenvalue weighted by Crippen LogP contribution is 2.05. The number of pyridine rings is 1. The van der Waals surface area contributed by atoms with Crippen molar-refractivity contribution in [2.24, 2.45) is 0 Å². The molecule has 1 aromatic heterocycles. The molecule has 0 N–H and O–H groups in total. The molecule has 0 fully saturated rings. The van der Waals surface area contributed by atoms with Gasteiger partial charge >= 0.3 is 8.97 Å². The lowest BCUT2D eigenvalue weighted by atomic mass is 10.2. The topological polar surface area (TPSA) is 31.6 Å². The van der Waals surface area contributed by atoms with Crippen LogP contribution in [0.1, 0.15) is 19.0 Å². The fraction of sp³-hybridized carbons (Fsp3) is 0.545. The van der Waals surface area contributed by atoms with Gasteiger partial charge in [0.1, 0.15) is 0 Å². The van der Waals surface area contributed by atoms with Crippen molar-refractivity contribution in [3.05, 3.63) is 30.1 Å². The highest BCUT2D eigenvalue weighted by atomic mass is 35.5. The van der Waals surface area contributed by atoms with E-state index in [0.717, 1.165) is 12.8 Å². The molecule has 0 unspecified atom stereocenters. The van der Waals surface area contributed by atoms with Gasteiger partial charge in [-0.2, -0.15) is 0 Å². The predicted octanol–water partition coefficient (Wildman–Crippen LogP) is -1.85. The van der Waals surface area contributed by atoms with Crippen molar-refractivity contribution in [1.29, 1.82) is 0 Å². The lowest BCUT2D eigenvalue weighted by molar-refractivity contribution is -0.601. The van der Waals surface area contributed by atoms with E-state index in [0.29, 0.717) is 0 Å². The molecule has 0 spiro atoms. The highest BCUT2D eigenvalue weighted by molar-refractivity contribution is 6.50. The van der Waals surface area contributed by atoms with E-state index in [1.54, 1.807) is 21.3 Å². The Bertz CT molecular complexity index is 326. The van der Waals surface area contributed by atoms with E-state index in [9.17, 15) is 0 Å². The molecule has 0 bridgehead atoms. The van der Waals surface area contributed by atoms with Gasteiger partial charge in [0, 0.05) is 39.9 Å². The van der Waals surface area contributed by atoms with Crippen molar-refractivity contribution < 1.29 is 29.9 Å². The lowest BCUT2D eigenvalue weighted by Gasteiger charge is -2.17. The second kappa shape index (κ2) is 7.78. The summed E-state index contributed by atoms with van der Waals surface area (Å²) in [5.74, 6) is 0. The van der Waals surface area contributed by atoms with Gasteiger partial charge in [-0.3, -0.25) is 0 Å². The summed E-state index contributed by atoms with van der Waals surface area (Å²) >= 11 is 0. The Labute approximate surface area is 110 Å². The standard InChI is InChI=1S/C11H20NO3Si.ClH/c1-5-8-11-9-6-7-10-12(11)16(13-2,14-3)15-4;/h6-7,9-10H,5,8H2,1-4H3;1H/q+1;/p-1. The van der Waals surface area contributed by atoms with Crippen LogP contribution in [0.3, 0.4) is 0 Å². The van der Waals surface area contributed by atoms with Crippen LogP contribution in [0.2, 0.25) is 0 Å². The zero-order valence-electron chi connectivity index (χ0n) is 10.8. The first-order valence-electron chi connectivity index (χ1n) is 5.39. The Morgan fingerprint density at radius 1 is 1.12 bits per heavy atom. The van der Waals surface area contributed by atoms with Crippen molar-refractivity contribution >= 4 is 8.97 Å². The number of rotatable bonds is 6. The van der Waals surface area contributed by atoms with E-state index in [-0.39, 0.29) is 12.4 Å². The monoisotopic (exact) mass is 277 g/mol. The molecule has 0 aliphatic carbocycles. The van der Waals surface area contributed by atoms with Crippen LogP contribution in [0.15, 0.2) is 24.4 Å². The average molecular weight is 278 g/mol. The molecule has 1 heterocycles. The zero-order chi connectivity index (χ0) is 12.0. The second-order valence-corrected chi connectivity index (χ2v) is 6.20. The normalized spacial score (nSPS) is 11.1. The first kappa shape index (κ1) is 16.5. The number of aryl methyl sites for hydroxylation is 1. The van der Waals surface area contributed by atoms with Gasteiger partial charge in [0.05, 0.1) is 0 Å². The number of hydrogen-bond donors (Lipinski definition) is 0. The molecule has 6 heteroatoms. The van der Waals surface area contributed by atoms with E-state index in [4.69, 9.17) is 13.3 Å². The lowest BCUT2D eigenvalue weighted by Crippen LogP contribution is -3.00. The molecular weight excluding hydrogens is 258 g/mol. The van der Waals surface area contributed by atoms with Crippen LogP contribution in [-0.2, 0) is 19.7 Å². The average Bonchev–Trinajstić information content (AvgIpc) is 2.34. The van der Waals surface area contributed by atoms with Crippen molar-refractivity contribution in [2.75, 3.05) is 21.3 Å². The number of hydrogen-bond acceptors (Lipinski definition) is 3. The van der Waals surface area contributed by atoms with Crippen LogP contribution in [0.25, 0.3) is 0 Å². The maximum atomic E-state index is 5.47. The van der Waals surface area contributed by atoms with Crippen LogP contribution >= 0.6 is 0 Å². The maximum Gasteiger partial charge on any atom is 0.871 e.